The monoisotopic (exact) mass is 461 g/mol. The number of methoxy groups -OCH3 is 1. The number of aryl methyl sites for hydroxylation is 1. The lowest BCUT2D eigenvalue weighted by Gasteiger charge is -2.17. The van der Waals surface area contributed by atoms with E-state index in [9.17, 15) is 24.5 Å². The van der Waals surface area contributed by atoms with E-state index in [1.807, 2.05) is 0 Å². The number of carbonyl (C=O) groups excluding carboxylic acids is 3. The number of fused-ring (bicyclic) bond motifs is 1. The van der Waals surface area contributed by atoms with Crippen LogP contribution in [0.4, 0.5) is 16.4 Å². The summed E-state index contributed by atoms with van der Waals surface area (Å²) < 4.78 is 10.5. The predicted octanol–water partition coefficient (Wildman–Crippen LogP) is 3.69. The molecule has 0 saturated heterocycles. The Labute approximate surface area is 188 Å². The molecule has 170 valence electrons. The van der Waals surface area contributed by atoms with Crippen LogP contribution < -0.4 is 15.4 Å². The van der Waals surface area contributed by atoms with E-state index in [0.29, 0.717) is 11.4 Å². The summed E-state index contributed by atoms with van der Waals surface area (Å²) in [6.45, 7) is 2.75. The summed E-state index contributed by atoms with van der Waals surface area (Å²) in [5, 5.41) is 16.6. The molecule has 3 rings (SSSR count). The topological polar surface area (TPSA) is 137 Å². The number of nitrogens with one attached hydrogen (secondary N) is 2. The summed E-state index contributed by atoms with van der Waals surface area (Å²) in [4.78, 5) is 48.6. The quantitative estimate of drug-likeness (QED) is 0.364. The molecule has 1 aliphatic rings. The first kappa shape index (κ1) is 23.2. The summed E-state index contributed by atoms with van der Waals surface area (Å²) >= 11 is 1.35. The van der Waals surface area contributed by atoms with Crippen molar-refractivity contribution in [3.8, 4) is 5.75 Å². The first-order valence-corrected chi connectivity index (χ1v) is 10.8. The molecule has 1 aromatic carbocycles. The number of esters is 1. The van der Waals surface area contributed by atoms with Crippen LogP contribution in [-0.4, -0.2) is 35.9 Å². The van der Waals surface area contributed by atoms with Gasteiger partial charge in [0.15, 0.2) is 6.10 Å². The number of carbonyl (C=O) groups is 3. The Kier molecular flexibility index (Phi) is 7.08. The molecule has 0 aliphatic heterocycles. The van der Waals surface area contributed by atoms with Crippen molar-refractivity contribution >= 4 is 45.5 Å². The molecule has 2 aromatic rings. The van der Waals surface area contributed by atoms with Gasteiger partial charge in [-0.05, 0) is 44.2 Å². The predicted molar refractivity (Wildman–Crippen MR) is 118 cm³/mol. The third-order valence-electron chi connectivity index (χ3n) is 4.97. The van der Waals surface area contributed by atoms with Crippen LogP contribution in [-0.2, 0) is 27.2 Å². The number of ether oxygens (including phenoxy) is 2. The van der Waals surface area contributed by atoms with Crippen LogP contribution in [0.3, 0.4) is 0 Å². The standard InChI is InChI=1S/C21H23N3O7S/c1-11(19(26)23-15-10-13(24(28)29)8-9-16(15)30-3)31-21(27)18-14-6-4-5-7-17(14)32-20(18)22-12(2)25/h8-11H,4-7H2,1-3H3,(H,22,25)(H,23,26). The Bertz CT molecular complexity index is 1080. The fourth-order valence-corrected chi connectivity index (χ4v) is 4.77. The van der Waals surface area contributed by atoms with Crippen molar-refractivity contribution < 1.29 is 28.8 Å². The van der Waals surface area contributed by atoms with Gasteiger partial charge in [-0.15, -0.1) is 11.3 Å². The highest BCUT2D eigenvalue weighted by Gasteiger charge is 2.29. The van der Waals surface area contributed by atoms with E-state index >= 15 is 0 Å². The number of nitro groups is 1. The molecule has 2 N–H and O–H groups in total. The van der Waals surface area contributed by atoms with Gasteiger partial charge in [0, 0.05) is 23.9 Å². The van der Waals surface area contributed by atoms with Gasteiger partial charge in [0.05, 0.1) is 23.3 Å². The molecule has 2 amide bonds. The number of non-ortho nitro benzene ring substituents is 1. The van der Waals surface area contributed by atoms with Crippen molar-refractivity contribution in [2.75, 3.05) is 17.7 Å². The van der Waals surface area contributed by atoms with Crippen LogP contribution in [0.1, 0.15) is 47.5 Å². The lowest BCUT2D eigenvalue weighted by atomic mass is 9.95. The first-order chi connectivity index (χ1) is 15.2. The zero-order valence-electron chi connectivity index (χ0n) is 17.9. The van der Waals surface area contributed by atoms with E-state index in [1.54, 1.807) is 0 Å². The molecule has 1 atom stereocenters. The van der Waals surface area contributed by atoms with E-state index in [4.69, 9.17) is 9.47 Å². The number of nitrogens with zero attached hydrogens (tertiary/aromatic N) is 1. The molecule has 1 heterocycles. The van der Waals surface area contributed by atoms with Crippen LogP contribution in [0.5, 0.6) is 5.75 Å². The van der Waals surface area contributed by atoms with E-state index in [0.717, 1.165) is 35.8 Å². The first-order valence-electron chi connectivity index (χ1n) is 9.97. The molecule has 32 heavy (non-hydrogen) atoms. The van der Waals surface area contributed by atoms with Crippen molar-refractivity contribution in [1.29, 1.82) is 0 Å². The second-order valence-corrected chi connectivity index (χ2v) is 8.38. The molecule has 1 aliphatic carbocycles. The lowest BCUT2D eigenvalue weighted by molar-refractivity contribution is -0.384. The van der Waals surface area contributed by atoms with Gasteiger partial charge in [0.25, 0.3) is 11.6 Å². The minimum atomic E-state index is -1.20. The summed E-state index contributed by atoms with van der Waals surface area (Å²) in [6.07, 6.45) is 2.25. The zero-order chi connectivity index (χ0) is 23.4. The van der Waals surface area contributed by atoms with E-state index in [2.05, 4.69) is 10.6 Å². The van der Waals surface area contributed by atoms with Crippen molar-refractivity contribution in [2.45, 2.75) is 45.6 Å². The van der Waals surface area contributed by atoms with Crippen LogP contribution in [0, 0.1) is 10.1 Å². The number of hydrogen-bond acceptors (Lipinski definition) is 8. The van der Waals surface area contributed by atoms with Crippen LogP contribution in [0.25, 0.3) is 0 Å². The number of anilines is 2. The summed E-state index contributed by atoms with van der Waals surface area (Å²) in [5.41, 5.74) is 0.993. The van der Waals surface area contributed by atoms with Gasteiger partial charge in [0.2, 0.25) is 5.91 Å². The third-order valence-corrected chi connectivity index (χ3v) is 6.18. The van der Waals surface area contributed by atoms with Gasteiger partial charge in [-0.2, -0.15) is 0 Å². The maximum absolute atomic E-state index is 13.0. The molecular formula is C21H23N3O7S. The van der Waals surface area contributed by atoms with E-state index < -0.39 is 22.9 Å². The van der Waals surface area contributed by atoms with Crippen molar-refractivity contribution in [2.24, 2.45) is 0 Å². The van der Waals surface area contributed by atoms with E-state index in [1.165, 1.54) is 44.4 Å². The maximum atomic E-state index is 13.0. The maximum Gasteiger partial charge on any atom is 0.342 e. The molecular weight excluding hydrogens is 438 g/mol. The largest absolute Gasteiger partial charge is 0.495 e. The van der Waals surface area contributed by atoms with Crippen molar-refractivity contribution in [3.63, 3.8) is 0 Å². The third kappa shape index (κ3) is 5.05. The second-order valence-electron chi connectivity index (χ2n) is 7.27. The minimum Gasteiger partial charge on any atom is -0.495 e. The molecule has 0 fully saturated rings. The van der Waals surface area contributed by atoms with Crippen molar-refractivity contribution in [3.05, 3.63) is 44.3 Å². The summed E-state index contributed by atoms with van der Waals surface area (Å²) in [5.74, 6) is -1.47. The molecule has 0 saturated carbocycles. The Morgan fingerprint density at radius 3 is 2.56 bits per heavy atom. The van der Waals surface area contributed by atoms with Gasteiger partial charge in [-0.3, -0.25) is 19.7 Å². The van der Waals surface area contributed by atoms with Gasteiger partial charge >= 0.3 is 5.97 Å². The fraction of sp³-hybridized carbons (Fsp3) is 0.381. The SMILES string of the molecule is COc1ccc([N+](=O)[O-])cc1NC(=O)C(C)OC(=O)c1c(NC(C)=O)sc2c1CCCC2. The minimum absolute atomic E-state index is 0.0847. The van der Waals surface area contributed by atoms with Crippen LogP contribution in [0.2, 0.25) is 0 Å². The fourth-order valence-electron chi connectivity index (χ4n) is 3.44. The Balaban J connectivity index is 1.78. The zero-order valence-corrected chi connectivity index (χ0v) is 18.7. The summed E-state index contributed by atoms with van der Waals surface area (Å²) in [7, 11) is 1.36. The van der Waals surface area contributed by atoms with E-state index in [-0.39, 0.29) is 28.6 Å². The molecule has 0 spiro atoms. The molecule has 1 aromatic heterocycles. The highest BCUT2D eigenvalue weighted by atomic mass is 32.1. The normalized spacial score (nSPS) is 13.5. The molecule has 1 unspecified atom stereocenters. The molecule has 11 heteroatoms. The smallest absolute Gasteiger partial charge is 0.342 e. The van der Waals surface area contributed by atoms with Crippen LogP contribution >= 0.6 is 11.3 Å². The molecule has 0 bridgehead atoms. The highest BCUT2D eigenvalue weighted by molar-refractivity contribution is 7.17. The number of nitro benzene ring substituents is 1. The van der Waals surface area contributed by atoms with Crippen molar-refractivity contribution in [1.82, 2.24) is 0 Å². The Morgan fingerprint density at radius 1 is 1.19 bits per heavy atom. The van der Waals surface area contributed by atoms with Crippen LogP contribution in [0.15, 0.2) is 18.2 Å². The number of rotatable bonds is 7. The lowest BCUT2D eigenvalue weighted by Crippen LogP contribution is -2.30. The van der Waals surface area contributed by atoms with Gasteiger partial charge in [-0.25, -0.2) is 4.79 Å². The average Bonchev–Trinajstić information content (AvgIpc) is 3.10. The molecule has 10 nitrogen and oxygen atoms in total. The van der Waals surface area contributed by atoms with Gasteiger partial charge < -0.3 is 20.1 Å². The number of amides is 2. The summed E-state index contributed by atoms with van der Waals surface area (Å²) in [6, 6.07) is 3.78. The number of thiophene rings is 1. The average molecular weight is 461 g/mol. The second kappa shape index (κ2) is 9.77. The number of hydrogen-bond donors (Lipinski definition) is 2. The van der Waals surface area contributed by atoms with Gasteiger partial charge in [0.1, 0.15) is 10.8 Å². The number of benzene rings is 1. The van der Waals surface area contributed by atoms with Gasteiger partial charge in [-0.1, -0.05) is 0 Å². The Morgan fingerprint density at radius 2 is 1.91 bits per heavy atom. The molecule has 0 radical (unpaired) electrons. The Hall–Kier alpha value is -3.47. The highest BCUT2D eigenvalue weighted by Crippen LogP contribution is 2.38.